The third-order valence-corrected chi connectivity index (χ3v) is 3.35. The van der Waals surface area contributed by atoms with Crippen molar-refractivity contribution in [2.24, 2.45) is 0 Å². The molecule has 132 valence electrons. The Bertz CT molecular complexity index is 936. The minimum absolute atomic E-state index is 0.161. The minimum Gasteiger partial charge on any atom is -0.465 e. The second kappa shape index (κ2) is 7.43. The van der Waals surface area contributed by atoms with Crippen molar-refractivity contribution in [3.8, 4) is 0 Å². The first kappa shape index (κ1) is 17.1. The number of aryl methyl sites for hydroxylation is 1. The molecule has 0 radical (unpaired) electrons. The molecule has 9 heteroatoms. The van der Waals surface area contributed by atoms with Crippen LogP contribution in [0.2, 0.25) is 0 Å². The van der Waals surface area contributed by atoms with Gasteiger partial charge in [0.15, 0.2) is 5.82 Å². The standard InChI is InChI=1S/C17H15N5O4/c1-10-7-15(22-26-10)21-16(23)13-8-14(19-9-18-13)20-12-5-3-11(4-6-12)17(24)25-2/h3-9H,1-2H3,(H,18,19,20)(H,21,22,23). The first-order valence-electron chi connectivity index (χ1n) is 7.57. The molecule has 0 bridgehead atoms. The highest BCUT2D eigenvalue weighted by atomic mass is 16.5. The smallest absolute Gasteiger partial charge is 0.337 e. The number of benzene rings is 1. The van der Waals surface area contributed by atoms with E-state index in [0.717, 1.165) is 0 Å². The molecule has 2 heterocycles. The van der Waals surface area contributed by atoms with Gasteiger partial charge in [-0.3, -0.25) is 4.79 Å². The van der Waals surface area contributed by atoms with Gasteiger partial charge in [0, 0.05) is 17.8 Å². The summed E-state index contributed by atoms with van der Waals surface area (Å²) in [4.78, 5) is 31.7. The summed E-state index contributed by atoms with van der Waals surface area (Å²) < 4.78 is 9.55. The van der Waals surface area contributed by atoms with Crippen molar-refractivity contribution < 1.29 is 18.8 Å². The normalized spacial score (nSPS) is 10.2. The number of amides is 1. The highest BCUT2D eigenvalue weighted by Crippen LogP contribution is 2.16. The number of anilines is 3. The summed E-state index contributed by atoms with van der Waals surface area (Å²) in [7, 11) is 1.32. The number of carbonyl (C=O) groups is 2. The quantitative estimate of drug-likeness (QED) is 0.672. The Morgan fingerprint density at radius 1 is 1.08 bits per heavy atom. The predicted octanol–water partition coefficient (Wildman–Crippen LogP) is 2.56. The van der Waals surface area contributed by atoms with Gasteiger partial charge >= 0.3 is 5.97 Å². The highest BCUT2D eigenvalue weighted by Gasteiger charge is 2.12. The first-order chi connectivity index (χ1) is 12.5. The van der Waals surface area contributed by atoms with Crippen LogP contribution < -0.4 is 10.6 Å². The largest absolute Gasteiger partial charge is 0.465 e. The second-order valence-electron chi connectivity index (χ2n) is 5.26. The zero-order valence-corrected chi connectivity index (χ0v) is 14.0. The molecule has 0 saturated carbocycles. The van der Waals surface area contributed by atoms with Gasteiger partial charge in [-0.15, -0.1) is 0 Å². The Morgan fingerprint density at radius 2 is 1.85 bits per heavy atom. The Balaban J connectivity index is 1.70. The molecule has 1 aromatic carbocycles. The van der Waals surface area contributed by atoms with Gasteiger partial charge in [0.25, 0.3) is 5.91 Å². The average molecular weight is 353 g/mol. The van der Waals surface area contributed by atoms with Gasteiger partial charge in [0.05, 0.1) is 12.7 Å². The summed E-state index contributed by atoms with van der Waals surface area (Å²) >= 11 is 0. The van der Waals surface area contributed by atoms with E-state index in [2.05, 4.69) is 30.5 Å². The zero-order chi connectivity index (χ0) is 18.5. The minimum atomic E-state index is -0.440. The maximum atomic E-state index is 12.2. The molecule has 0 spiro atoms. The number of ether oxygens (including phenoxy) is 1. The highest BCUT2D eigenvalue weighted by molar-refractivity contribution is 6.02. The molecule has 2 aromatic heterocycles. The van der Waals surface area contributed by atoms with Crippen LogP contribution in [-0.2, 0) is 4.74 Å². The maximum Gasteiger partial charge on any atom is 0.337 e. The lowest BCUT2D eigenvalue weighted by molar-refractivity contribution is 0.0600. The van der Waals surface area contributed by atoms with Crippen LogP contribution in [0.25, 0.3) is 0 Å². The summed E-state index contributed by atoms with van der Waals surface area (Å²) in [5.41, 5.74) is 1.29. The number of carbonyl (C=O) groups excluding carboxylic acids is 2. The number of esters is 1. The van der Waals surface area contributed by atoms with Crippen LogP contribution >= 0.6 is 0 Å². The number of aromatic nitrogens is 3. The van der Waals surface area contributed by atoms with Crippen molar-refractivity contribution >= 4 is 29.2 Å². The van der Waals surface area contributed by atoms with Gasteiger partial charge in [-0.25, -0.2) is 14.8 Å². The van der Waals surface area contributed by atoms with E-state index in [4.69, 9.17) is 4.52 Å². The van der Waals surface area contributed by atoms with E-state index in [1.54, 1.807) is 37.3 Å². The van der Waals surface area contributed by atoms with Crippen LogP contribution in [0.1, 0.15) is 26.6 Å². The molecule has 1 amide bonds. The fourth-order valence-electron chi connectivity index (χ4n) is 2.11. The first-order valence-corrected chi connectivity index (χ1v) is 7.57. The third kappa shape index (κ3) is 4.01. The van der Waals surface area contributed by atoms with Crippen molar-refractivity contribution in [2.75, 3.05) is 17.7 Å². The lowest BCUT2D eigenvalue weighted by Gasteiger charge is -2.07. The molecule has 0 aliphatic rings. The summed E-state index contributed by atoms with van der Waals surface area (Å²) in [5.74, 6) is 0.456. The van der Waals surface area contributed by atoms with Crippen LogP contribution in [-0.4, -0.2) is 34.1 Å². The molecule has 0 aliphatic heterocycles. The SMILES string of the molecule is COC(=O)c1ccc(Nc2cc(C(=O)Nc3cc(C)on3)ncn2)cc1. The lowest BCUT2D eigenvalue weighted by Crippen LogP contribution is -2.14. The average Bonchev–Trinajstić information content (AvgIpc) is 3.06. The van der Waals surface area contributed by atoms with E-state index in [1.807, 2.05) is 0 Å². The van der Waals surface area contributed by atoms with Crippen molar-refractivity contribution in [1.82, 2.24) is 15.1 Å². The van der Waals surface area contributed by atoms with Crippen LogP contribution in [0.15, 0.2) is 47.2 Å². The molecule has 0 atom stereocenters. The van der Waals surface area contributed by atoms with E-state index in [0.29, 0.717) is 28.6 Å². The number of rotatable bonds is 5. The fraction of sp³-hybridized carbons (Fsp3) is 0.118. The van der Waals surface area contributed by atoms with Crippen LogP contribution in [0, 0.1) is 6.92 Å². The Kier molecular flexibility index (Phi) is 4.88. The van der Waals surface area contributed by atoms with Gasteiger partial charge < -0.3 is 19.9 Å². The maximum absolute atomic E-state index is 12.2. The van der Waals surface area contributed by atoms with Crippen molar-refractivity contribution in [1.29, 1.82) is 0 Å². The molecule has 9 nitrogen and oxygen atoms in total. The molecule has 3 aromatic rings. The number of nitrogens with one attached hydrogen (secondary N) is 2. The third-order valence-electron chi connectivity index (χ3n) is 3.35. The molecule has 26 heavy (non-hydrogen) atoms. The van der Waals surface area contributed by atoms with Crippen LogP contribution in [0.5, 0.6) is 0 Å². The van der Waals surface area contributed by atoms with Gasteiger partial charge in [0.2, 0.25) is 0 Å². The van der Waals surface area contributed by atoms with E-state index in [9.17, 15) is 9.59 Å². The molecular weight excluding hydrogens is 338 g/mol. The van der Waals surface area contributed by atoms with Crippen LogP contribution in [0.3, 0.4) is 0 Å². The van der Waals surface area contributed by atoms with Gasteiger partial charge in [-0.2, -0.15) is 0 Å². The van der Waals surface area contributed by atoms with Gasteiger partial charge in [-0.05, 0) is 31.2 Å². The zero-order valence-electron chi connectivity index (χ0n) is 14.0. The summed E-state index contributed by atoms with van der Waals surface area (Å²) in [5, 5.41) is 9.31. The number of methoxy groups -OCH3 is 1. The van der Waals surface area contributed by atoms with E-state index >= 15 is 0 Å². The van der Waals surface area contributed by atoms with Gasteiger partial charge in [-0.1, -0.05) is 5.16 Å². The number of hydrogen-bond donors (Lipinski definition) is 2. The second-order valence-corrected chi connectivity index (χ2v) is 5.26. The van der Waals surface area contributed by atoms with Crippen LogP contribution in [0.4, 0.5) is 17.3 Å². The molecule has 3 rings (SSSR count). The molecule has 0 aliphatic carbocycles. The molecule has 0 saturated heterocycles. The number of nitrogens with zero attached hydrogens (tertiary/aromatic N) is 3. The topological polar surface area (TPSA) is 119 Å². The fourth-order valence-corrected chi connectivity index (χ4v) is 2.11. The molecule has 0 unspecified atom stereocenters. The van der Waals surface area contributed by atoms with Crippen molar-refractivity contribution in [3.05, 3.63) is 59.7 Å². The van der Waals surface area contributed by atoms with Crippen molar-refractivity contribution in [2.45, 2.75) is 6.92 Å². The Morgan fingerprint density at radius 3 is 2.50 bits per heavy atom. The van der Waals surface area contributed by atoms with E-state index in [1.165, 1.54) is 19.5 Å². The van der Waals surface area contributed by atoms with Gasteiger partial charge in [0.1, 0.15) is 23.6 Å². The molecule has 2 N–H and O–H groups in total. The molecule has 0 fully saturated rings. The number of hydrogen-bond acceptors (Lipinski definition) is 8. The summed E-state index contributed by atoms with van der Waals surface area (Å²) in [6.45, 7) is 1.72. The summed E-state index contributed by atoms with van der Waals surface area (Å²) in [6.07, 6.45) is 1.27. The monoisotopic (exact) mass is 353 g/mol. The predicted molar refractivity (Wildman–Crippen MR) is 92.3 cm³/mol. The van der Waals surface area contributed by atoms with Crippen molar-refractivity contribution in [3.63, 3.8) is 0 Å². The lowest BCUT2D eigenvalue weighted by atomic mass is 10.2. The van der Waals surface area contributed by atoms with E-state index < -0.39 is 11.9 Å². The Labute approximate surface area is 148 Å². The Hall–Kier alpha value is -3.75. The molecular formula is C17H15N5O4. The summed E-state index contributed by atoms with van der Waals surface area (Å²) in [6, 6.07) is 9.74. The van der Waals surface area contributed by atoms with E-state index in [-0.39, 0.29) is 5.69 Å².